The summed E-state index contributed by atoms with van der Waals surface area (Å²) in [4.78, 5) is 30.9. The van der Waals surface area contributed by atoms with Gasteiger partial charge in [-0.25, -0.2) is 4.98 Å². The van der Waals surface area contributed by atoms with E-state index in [2.05, 4.69) is 10.3 Å². The monoisotopic (exact) mass is 309 g/mol. The number of carbonyl (C=O) groups is 2. The number of nitrogens with one attached hydrogen (secondary N) is 1. The molecule has 0 aliphatic carbocycles. The van der Waals surface area contributed by atoms with Crippen LogP contribution in [0.5, 0.6) is 0 Å². The van der Waals surface area contributed by atoms with E-state index in [1.807, 2.05) is 26.2 Å². The summed E-state index contributed by atoms with van der Waals surface area (Å²) >= 11 is 1.58. The molecular weight excluding hydrogens is 286 g/mol. The van der Waals surface area contributed by atoms with Gasteiger partial charge >= 0.3 is 0 Å². The Morgan fingerprint density at radius 1 is 1.43 bits per heavy atom. The molecule has 116 valence electrons. The van der Waals surface area contributed by atoms with Gasteiger partial charge in [-0.05, 0) is 12.3 Å². The van der Waals surface area contributed by atoms with Gasteiger partial charge in [-0.3, -0.25) is 9.59 Å². The summed E-state index contributed by atoms with van der Waals surface area (Å²) in [7, 11) is 0. The molecule has 1 N–H and O–H groups in total. The van der Waals surface area contributed by atoms with Crippen molar-refractivity contribution in [3.8, 4) is 0 Å². The normalized spacial score (nSPS) is 24.0. The predicted octanol–water partition coefficient (Wildman–Crippen LogP) is 1.84. The van der Waals surface area contributed by atoms with Gasteiger partial charge in [-0.2, -0.15) is 0 Å². The Morgan fingerprint density at radius 2 is 2.19 bits per heavy atom. The topological polar surface area (TPSA) is 62.3 Å². The zero-order chi connectivity index (χ0) is 15.4. The first kappa shape index (κ1) is 15.9. The third-order valence-corrected chi connectivity index (χ3v) is 5.01. The molecule has 1 fully saturated rings. The van der Waals surface area contributed by atoms with Crippen molar-refractivity contribution in [3.05, 3.63) is 16.6 Å². The predicted molar refractivity (Wildman–Crippen MR) is 83.0 cm³/mol. The number of nitrogens with zero attached hydrogens (tertiary/aromatic N) is 2. The molecule has 2 rings (SSSR count). The average Bonchev–Trinajstić information content (AvgIpc) is 3.00. The van der Waals surface area contributed by atoms with E-state index in [0.29, 0.717) is 19.4 Å². The van der Waals surface area contributed by atoms with Crippen molar-refractivity contribution in [2.75, 3.05) is 6.54 Å². The number of aromatic nitrogens is 1. The number of thiazole rings is 1. The largest absolute Gasteiger partial charge is 0.342 e. The Labute approximate surface area is 129 Å². The number of hydrogen-bond donors (Lipinski definition) is 1. The first-order valence-corrected chi connectivity index (χ1v) is 8.45. The lowest BCUT2D eigenvalue weighted by Crippen LogP contribution is -2.65. The molecule has 1 aromatic rings. The van der Waals surface area contributed by atoms with Crippen molar-refractivity contribution < 1.29 is 9.59 Å². The molecule has 0 bridgehead atoms. The standard InChI is InChI=1S/C15H23N3O2S/c1-4-10(3)13-15(20)18(11(5-2)14(19)17-13)8-6-12-16-7-9-21-12/h7,9-11,13H,4-6,8H2,1-3H3,(H,17,19). The molecule has 3 unspecified atom stereocenters. The van der Waals surface area contributed by atoms with Gasteiger partial charge in [0.15, 0.2) is 0 Å². The van der Waals surface area contributed by atoms with Gasteiger partial charge in [0.25, 0.3) is 0 Å². The van der Waals surface area contributed by atoms with Crippen LogP contribution in [0.1, 0.15) is 38.6 Å². The number of piperazine rings is 1. The minimum absolute atomic E-state index is 0.0264. The Bertz CT molecular complexity index is 489. The highest BCUT2D eigenvalue weighted by Gasteiger charge is 2.41. The highest BCUT2D eigenvalue weighted by molar-refractivity contribution is 7.09. The second-order valence-corrected chi connectivity index (χ2v) is 6.48. The Morgan fingerprint density at radius 3 is 2.76 bits per heavy atom. The fraction of sp³-hybridized carbons (Fsp3) is 0.667. The molecule has 0 radical (unpaired) electrons. The van der Waals surface area contributed by atoms with Gasteiger partial charge in [0, 0.05) is 24.5 Å². The molecule has 1 aliphatic rings. The number of rotatable bonds is 6. The summed E-state index contributed by atoms with van der Waals surface area (Å²) in [5.41, 5.74) is 0. The van der Waals surface area contributed by atoms with Gasteiger partial charge < -0.3 is 10.2 Å². The fourth-order valence-electron chi connectivity index (χ4n) is 2.67. The smallest absolute Gasteiger partial charge is 0.246 e. The molecule has 2 heterocycles. The average molecular weight is 309 g/mol. The van der Waals surface area contributed by atoms with E-state index in [1.54, 1.807) is 22.4 Å². The lowest BCUT2D eigenvalue weighted by Gasteiger charge is -2.40. The van der Waals surface area contributed by atoms with Gasteiger partial charge in [0.05, 0.1) is 5.01 Å². The van der Waals surface area contributed by atoms with Gasteiger partial charge in [0.2, 0.25) is 11.8 Å². The maximum absolute atomic E-state index is 12.7. The molecule has 1 aliphatic heterocycles. The Hall–Kier alpha value is -1.43. The van der Waals surface area contributed by atoms with E-state index < -0.39 is 0 Å². The van der Waals surface area contributed by atoms with Crippen molar-refractivity contribution in [1.29, 1.82) is 0 Å². The maximum Gasteiger partial charge on any atom is 0.246 e. The van der Waals surface area contributed by atoms with Crippen LogP contribution in [-0.4, -0.2) is 40.3 Å². The molecule has 1 saturated heterocycles. The lowest BCUT2D eigenvalue weighted by atomic mass is 9.93. The van der Waals surface area contributed by atoms with Crippen LogP contribution in [-0.2, 0) is 16.0 Å². The lowest BCUT2D eigenvalue weighted by molar-refractivity contribution is -0.150. The van der Waals surface area contributed by atoms with Crippen LogP contribution in [0.25, 0.3) is 0 Å². The van der Waals surface area contributed by atoms with Crippen molar-refractivity contribution in [3.63, 3.8) is 0 Å². The Balaban J connectivity index is 2.12. The van der Waals surface area contributed by atoms with Crippen molar-refractivity contribution in [2.45, 2.75) is 52.1 Å². The quantitative estimate of drug-likeness (QED) is 0.872. The molecule has 3 atom stereocenters. The summed E-state index contributed by atoms with van der Waals surface area (Å²) in [5.74, 6) is 0.176. The Kier molecular flexibility index (Phi) is 5.33. The molecular formula is C15H23N3O2S. The van der Waals surface area contributed by atoms with Gasteiger partial charge in [0.1, 0.15) is 12.1 Å². The van der Waals surface area contributed by atoms with Gasteiger partial charge in [-0.15, -0.1) is 11.3 Å². The summed E-state index contributed by atoms with van der Waals surface area (Å²) in [6.07, 6.45) is 3.99. The van der Waals surface area contributed by atoms with Crippen LogP contribution in [0.15, 0.2) is 11.6 Å². The highest BCUT2D eigenvalue weighted by atomic mass is 32.1. The van der Waals surface area contributed by atoms with Crippen molar-refractivity contribution in [2.24, 2.45) is 5.92 Å². The molecule has 1 aromatic heterocycles. The van der Waals surface area contributed by atoms with Crippen LogP contribution in [0.4, 0.5) is 0 Å². The minimum Gasteiger partial charge on any atom is -0.342 e. The zero-order valence-electron chi connectivity index (χ0n) is 12.8. The molecule has 0 spiro atoms. The molecule has 5 nitrogen and oxygen atoms in total. The van der Waals surface area contributed by atoms with Crippen LogP contribution < -0.4 is 5.32 Å². The molecule has 2 amide bonds. The SMILES string of the molecule is CCC(C)C1NC(=O)C(CC)N(CCc2nccs2)C1=O. The van der Waals surface area contributed by atoms with Crippen LogP contribution in [0.3, 0.4) is 0 Å². The molecule has 0 aromatic carbocycles. The molecule has 21 heavy (non-hydrogen) atoms. The molecule has 6 heteroatoms. The van der Waals surface area contributed by atoms with E-state index in [4.69, 9.17) is 0 Å². The summed E-state index contributed by atoms with van der Waals surface area (Å²) < 4.78 is 0. The second kappa shape index (κ2) is 7.02. The van der Waals surface area contributed by atoms with E-state index in [0.717, 1.165) is 11.4 Å². The number of amides is 2. The van der Waals surface area contributed by atoms with E-state index >= 15 is 0 Å². The number of carbonyl (C=O) groups excluding carboxylic acids is 2. The van der Waals surface area contributed by atoms with Crippen LogP contribution in [0.2, 0.25) is 0 Å². The molecule has 0 saturated carbocycles. The van der Waals surface area contributed by atoms with Crippen molar-refractivity contribution >= 4 is 23.2 Å². The second-order valence-electron chi connectivity index (χ2n) is 5.50. The maximum atomic E-state index is 12.7. The van der Waals surface area contributed by atoms with E-state index in [1.165, 1.54) is 0 Å². The van der Waals surface area contributed by atoms with E-state index in [9.17, 15) is 9.59 Å². The van der Waals surface area contributed by atoms with Crippen LogP contribution >= 0.6 is 11.3 Å². The van der Waals surface area contributed by atoms with Crippen molar-refractivity contribution in [1.82, 2.24) is 15.2 Å². The zero-order valence-corrected chi connectivity index (χ0v) is 13.7. The van der Waals surface area contributed by atoms with Gasteiger partial charge in [-0.1, -0.05) is 27.2 Å². The summed E-state index contributed by atoms with van der Waals surface area (Å²) in [6.45, 7) is 6.55. The number of hydrogen-bond acceptors (Lipinski definition) is 4. The summed E-state index contributed by atoms with van der Waals surface area (Å²) in [6, 6.07) is -0.737. The fourth-order valence-corrected chi connectivity index (χ4v) is 3.28. The first-order valence-electron chi connectivity index (χ1n) is 7.57. The first-order chi connectivity index (χ1) is 10.1. The highest BCUT2D eigenvalue weighted by Crippen LogP contribution is 2.20. The minimum atomic E-state index is -0.387. The summed E-state index contributed by atoms with van der Waals surface area (Å²) in [5, 5.41) is 5.83. The third-order valence-electron chi connectivity index (χ3n) is 4.18. The van der Waals surface area contributed by atoms with E-state index in [-0.39, 0.29) is 29.8 Å². The van der Waals surface area contributed by atoms with Crippen LogP contribution in [0, 0.1) is 5.92 Å². The third kappa shape index (κ3) is 3.43.